The van der Waals surface area contributed by atoms with Crippen molar-refractivity contribution in [2.75, 3.05) is 22.4 Å². The van der Waals surface area contributed by atoms with Gasteiger partial charge in [-0.05, 0) is 48.2 Å². The molecule has 2 aromatic carbocycles. The molecule has 1 aliphatic heterocycles. The number of benzene rings is 2. The molecule has 0 bridgehead atoms. The maximum atomic E-state index is 12.8. The molecule has 28 heavy (non-hydrogen) atoms. The highest BCUT2D eigenvalue weighted by atomic mass is 32.2. The van der Waals surface area contributed by atoms with Crippen molar-refractivity contribution in [3.8, 4) is 5.75 Å². The Morgan fingerprint density at radius 1 is 1.18 bits per heavy atom. The maximum absolute atomic E-state index is 12.8. The summed E-state index contributed by atoms with van der Waals surface area (Å²) < 4.78 is 31.7. The first-order chi connectivity index (χ1) is 13.1. The van der Waals surface area contributed by atoms with E-state index in [2.05, 4.69) is 19.2 Å². The van der Waals surface area contributed by atoms with Crippen LogP contribution in [-0.4, -0.2) is 33.2 Å². The van der Waals surface area contributed by atoms with E-state index in [1.165, 1.54) is 9.87 Å². The van der Waals surface area contributed by atoms with Gasteiger partial charge in [0.15, 0.2) is 6.10 Å². The normalized spacial score (nSPS) is 16.9. The highest BCUT2D eigenvalue weighted by molar-refractivity contribution is 7.92. The predicted molar refractivity (Wildman–Crippen MR) is 112 cm³/mol. The Labute approximate surface area is 166 Å². The van der Waals surface area contributed by atoms with Crippen molar-refractivity contribution in [3.63, 3.8) is 0 Å². The number of ether oxygens (including phenoxy) is 1. The van der Waals surface area contributed by atoms with Crippen LogP contribution in [0, 0.1) is 6.92 Å². The van der Waals surface area contributed by atoms with E-state index < -0.39 is 16.1 Å². The van der Waals surface area contributed by atoms with Crippen LogP contribution in [0.15, 0.2) is 42.5 Å². The molecule has 1 atom stereocenters. The van der Waals surface area contributed by atoms with Crippen LogP contribution in [0.4, 0.5) is 11.4 Å². The largest absolute Gasteiger partial charge is 0.478 e. The van der Waals surface area contributed by atoms with Crippen LogP contribution >= 0.6 is 0 Å². The molecule has 1 heterocycles. The average molecular weight is 403 g/mol. The average Bonchev–Trinajstić information content (AvgIpc) is 2.81. The minimum atomic E-state index is -3.48. The molecule has 7 heteroatoms. The summed E-state index contributed by atoms with van der Waals surface area (Å²) in [5.74, 6) is 0.514. The van der Waals surface area contributed by atoms with E-state index in [4.69, 9.17) is 4.74 Å². The molecule has 0 spiro atoms. The number of carbonyl (C=O) groups excluding carboxylic acids is 1. The highest BCUT2D eigenvalue weighted by Crippen LogP contribution is 2.35. The summed E-state index contributed by atoms with van der Waals surface area (Å²) in [6.45, 7) is 6.29. The number of rotatable bonds is 4. The predicted octanol–water partition coefficient (Wildman–Crippen LogP) is 3.67. The molecule has 0 unspecified atom stereocenters. The maximum Gasteiger partial charge on any atom is 0.265 e. The first-order valence-corrected chi connectivity index (χ1v) is 11.2. The number of sulfonamides is 1. The lowest BCUT2D eigenvalue weighted by Crippen LogP contribution is -2.35. The first-order valence-electron chi connectivity index (χ1n) is 9.31. The smallest absolute Gasteiger partial charge is 0.265 e. The van der Waals surface area contributed by atoms with Gasteiger partial charge in [0.05, 0.1) is 11.9 Å². The van der Waals surface area contributed by atoms with Gasteiger partial charge in [0.1, 0.15) is 5.75 Å². The molecule has 0 aliphatic carbocycles. The van der Waals surface area contributed by atoms with Gasteiger partial charge in [0, 0.05) is 18.7 Å². The van der Waals surface area contributed by atoms with E-state index in [1.54, 1.807) is 12.1 Å². The fourth-order valence-corrected chi connectivity index (χ4v) is 4.13. The molecule has 150 valence electrons. The molecule has 3 rings (SSSR count). The van der Waals surface area contributed by atoms with Crippen LogP contribution in [0.3, 0.4) is 0 Å². The number of hydrogen-bond donors (Lipinski definition) is 1. The molecule has 1 N–H and O–H groups in total. The van der Waals surface area contributed by atoms with E-state index in [9.17, 15) is 13.2 Å². The second-order valence-electron chi connectivity index (χ2n) is 7.47. The Balaban J connectivity index is 1.82. The number of carbonyl (C=O) groups is 1. The second-order valence-corrected chi connectivity index (χ2v) is 9.37. The highest BCUT2D eigenvalue weighted by Gasteiger charge is 2.31. The first kappa shape index (κ1) is 20.2. The lowest BCUT2D eigenvalue weighted by atomic mass is 10.0. The third-order valence-corrected chi connectivity index (χ3v) is 5.96. The van der Waals surface area contributed by atoms with Crippen LogP contribution < -0.4 is 14.4 Å². The zero-order chi connectivity index (χ0) is 20.5. The van der Waals surface area contributed by atoms with Gasteiger partial charge in [-0.15, -0.1) is 0 Å². The van der Waals surface area contributed by atoms with Gasteiger partial charge in [0.25, 0.3) is 5.91 Å². The van der Waals surface area contributed by atoms with Crippen LogP contribution in [0.25, 0.3) is 0 Å². The van der Waals surface area contributed by atoms with Crippen LogP contribution in [0.1, 0.15) is 37.3 Å². The number of nitrogens with one attached hydrogen (secondary N) is 1. The van der Waals surface area contributed by atoms with Gasteiger partial charge >= 0.3 is 0 Å². The zero-order valence-corrected chi connectivity index (χ0v) is 17.4. The minimum absolute atomic E-state index is 0.180. The zero-order valence-electron chi connectivity index (χ0n) is 16.6. The van der Waals surface area contributed by atoms with Gasteiger partial charge in [-0.2, -0.15) is 0 Å². The van der Waals surface area contributed by atoms with E-state index in [0.717, 1.165) is 11.8 Å². The van der Waals surface area contributed by atoms with Crippen molar-refractivity contribution in [1.29, 1.82) is 0 Å². The molecule has 0 saturated heterocycles. The molecule has 6 nitrogen and oxygen atoms in total. The van der Waals surface area contributed by atoms with Gasteiger partial charge in [-0.25, -0.2) is 8.42 Å². The van der Waals surface area contributed by atoms with Crippen molar-refractivity contribution in [2.45, 2.75) is 39.2 Å². The van der Waals surface area contributed by atoms with E-state index in [0.29, 0.717) is 23.0 Å². The van der Waals surface area contributed by atoms with Gasteiger partial charge in [-0.3, -0.25) is 9.10 Å². The second kappa shape index (κ2) is 7.83. The number of fused-ring (bicyclic) bond motifs is 1. The molecule has 0 fully saturated rings. The quantitative estimate of drug-likeness (QED) is 0.847. The Morgan fingerprint density at radius 3 is 2.46 bits per heavy atom. The van der Waals surface area contributed by atoms with Crippen molar-refractivity contribution < 1.29 is 17.9 Å². The Morgan fingerprint density at radius 2 is 1.86 bits per heavy atom. The fourth-order valence-electron chi connectivity index (χ4n) is 3.19. The number of anilines is 2. The van der Waals surface area contributed by atoms with Crippen LogP contribution in [0.5, 0.6) is 5.75 Å². The summed E-state index contributed by atoms with van der Waals surface area (Å²) in [5, 5.41) is 2.87. The van der Waals surface area contributed by atoms with Crippen LogP contribution in [0.2, 0.25) is 0 Å². The summed E-state index contributed by atoms with van der Waals surface area (Å²) >= 11 is 0. The van der Waals surface area contributed by atoms with Crippen molar-refractivity contribution in [2.24, 2.45) is 0 Å². The molecular weight excluding hydrogens is 376 g/mol. The number of amides is 1. The van der Waals surface area contributed by atoms with Crippen LogP contribution in [-0.2, 0) is 14.8 Å². The summed E-state index contributed by atoms with van der Waals surface area (Å²) in [6.07, 6.45) is 0.643. The topological polar surface area (TPSA) is 75.7 Å². The molecule has 2 aromatic rings. The summed E-state index contributed by atoms with van der Waals surface area (Å²) in [6, 6.07) is 13.0. The molecule has 1 amide bonds. The number of aryl methyl sites for hydroxylation is 1. The van der Waals surface area contributed by atoms with Crippen molar-refractivity contribution in [3.05, 3.63) is 53.6 Å². The Kier molecular flexibility index (Phi) is 5.65. The monoisotopic (exact) mass is 402 g/mol. The standard InChI is InChI=1S/C21H26N2O4S/c1-14(2)16-6-8-17(9-7-16)22-21(24)20-11-12-23(28(4,25)26)18-13-15(3)5-10-19(18)27-20/h5-10,13-14,20H,11-12H2,1-4H3,(H,22,24)/t20-/m1/s1. The van der Waals surface area contributed by atoms with Crippen molar-refractivity contribution in [1.82, 2.24) is 0 Å². The molecular formula is C21H26N2O4S. The van der Waals surface area contributed by atoms with E-state index >= 15 is 0 Å². The lowest BCUT2D eigenvalue weighted by molar-refractivity contribution is -0.122. The summed E-state index contributed by atoms with van der Waals surface area (Å²) in [5.41, 5.74) is 3.27. The molecule has 0 saturated carbocycles. The Hall–Kier alpha value is -2.54. The molecule has 0 aromatic heterocycles. The third kappa shape index (κ3) is 4.47. The summed E-state index contributed by atoms with van der Waals surface area (Å²) in [4.78, 5) is 12.8. The fraction of sp³-hybridized carbons (Fsp3) is 0.381. The minimum Gasteiger partial charge on any atom is -0.478 e. The van der Waals surface area contributed by atoms with Gasteiger partial charge in [-0.1, -0.05) is 32.0 Å². The van der Waals surface area contributed by atoms with Crippen molar-refractivity contribution >= 4 is 27.3 Å². The molecule has 1 aliphatic rings. The number of hydrogen-bond acceptors (Lipinski definition) is 4. The molecule has 0 radical (unpaired) electrons. The Bertz CT molecular complexity index is 968. The number of nitrogens with zero attached hydrogens (tertiary/aromatic N) is 1. The van der Waals surface area contributed by atoms with E-state index in [-0.39, 0.29) is 18.9 Å². The van der Waals surface area contributed by atoms with E-state index in [1.807, 2.05) is 37.3 Å². The SMILES string of the molecule is Cc1ccc2c(c1)N(S(C)(=O)=O)CC[C@H](C(=O)Nc1ccc(C(C)C)cc1)O2. The van der Waals surface area contributed by atoms with Gasteiger partial charge in [0.2, 0.25) is 10.0 Å². The lowest BCUT2D eigenvalue weighted by Gasteiger charge is -2.21. The van der Waals surface area contributed by atoms with Gasteiger partial charge < -0.3 is 10.1 Å². The summed E-state index contributed by atoms with van der Waals surface area (Å²) in [7, 11) is -3.48. The third-order valence-electron chi connectivity index (χ3n) is 4.78.